The number of rotatable bonds is 9. The number of nitrogens with zero attached hydrogens (tertiary/aromatic N) is 5. The SMILES string of the molecule is O=C(CCc1nnc2ccc(NCCCN3CCCC3=O)nn12)Nc1ccc2c(c1)OCO2. The molecule has 2 amide bonds. The first-order valence-corrected chi connectivity index (χ1v) is 11.1. The van der Waals surface area contributed by atoms with Crippen molar-refractivity contribution in [3.05, 3.63) is 36.2 Å². The lowest BCUT2D eigenvalue weighted by Crippen LogP contribution is -2.27. The molecule has 2 N–H and O–H groups in total. The number of carbonyl (C=O) groups excluding carboxylic acids is 2. The summed E-state index contributed by atoms with van der Waals surface area (Å²) in [6.45, 7) is 2.51. The van der Waals surface area contributed by atoms with Gasteiger partial charge in [0.1, 0.15) is 5.82 Å². The second kappa shape index (κ2) is 9.31. The lowest BCUT2D eigenvalue weighted by Gasteiger charge is -2.15. The Bertz CT molecular complexity index is 1180. The highest BCUT2D eigenvalue weighted by molar-refractivity contribution is 5.91. The van der Waals surface area contributed by atoms with E-state index in [0.29, 0.717) is 53.9 Å². The van der Waals surface area contributed by atoms with Crippen LogP contribution in [0, 0.1) is 0 Å². The summed E-state index contributed by atoms with van der Waals surface area (Å²) in [6, 6.07) is 8.97. The van der Waals surface area contributed by atoms with Gasteiger partial charge in [-0.05, 0) is 37.1 Å². The zero-order valence-corrected chi connectivity index (χ0v) is 18.1. The molecular formula is C22H25N7O4. The number of amides is 2. The minimum atomic E-state index is -0.142. The molecule has 2 aliphatic rings. The Hall–Kier alpha value is -3.89. The topological polar surface area (TPSA) is 123 Å². The van der Waals surface area contributed by atoms with E-state index >= 15 is 0 Å². The normalized spacial score (nSPS) is 14.8. The third-order valence-corrected chi connectivity index (χ3v) is 5.64. The third kappa shape index (κ3) is 4.81. The van der Waals surface area contributed by atoms with Crippen LogP contribution in [0.5, 0.6) is 11.5 Å². The Morgan fingerprint density at radius 2 is 2.03 bits per heavy atom. The van der Waals surface area contributed by atoms with Crippen LogP contribution in [0.3, 0.4) is 0 Å². The van der Waals surface area contributed by atoms with E-state index in [2.05, 4.69) is 25.9 Å². The van der Waals surface area contributed by atoms with Crippen LogP contribution in [0.15, 0.2) is 30.3 Å². The second-order valence-electron chi connectivity index (χ2n) is 7.99. The van der Waals surface area contributed by atoms with E-state index in [4.69, 9.17) is 9.47 Å². The van der Waals surface area contributed by atoms with Crippen LogP contribution in [0.25, 0.3) is 5.65 Å². The summed E-state index contributed by atoms with van der Waals surface area (Å²) in [5.41, 5.74) is 1.27. The number of likely N-dealkylation sites (tertiary alicyclic amines) is 1. The van der Waals surface area contributed by atoms with Gasteiger partial charge in [-0.3, -0.25) is 9.59 Å². The van der Waals surface area contributed by atoms with Crippen LogP contribution >= 0.6 is 0 Å². The first-order chi connectivity index (χ1) is 16.2. The highest BCUT2D eigenvalue weighted by atomic mass is 16.7. The molecule has 2 aromatic heterocycles. The summed E-state index contributed by atoms with van der Waals surface area (Å²) in [6.07, 6.45) is 3.09. The number of hydrogen-bond acceptors (Lipinski definition) is 8. The molecule has 1 fully saturated rings. The van der Waals surface area contributed by atoms with Gasteiger partial charge in [0.25, 0.3) is 0 Å². The number of ether oxygens (including phenoxy) is 2. The van der Waals surface area contributed by atoms with Crippen LogP contribution < -0.4 is 20.1 Å². The maximum absolute atomic E-state index is 12.4. The maximum Gasteiger partial charge on any atom is 0.231 e. The average Bonchev–Trinajstić information content (AvgIpc) is 3.55. The van der Waals surface area contributed by atoms with Gasteiger partial charge in [-0.1, -0.05) is 0 Å². The third-order valence-electron chi connectivity index (χ3n) is 5.64. The highest BCUT2D eigenvalue weighted by Gasteiger charge is 2.19. The highest BCUT2D eigenvalue weighted by Crippen LogP contribution is 2.34. The molecule has 11 heteroatoms. The van der Waals surface area contributed by atoms with Crippen molar-refractivity contribution in [2.45, 2.75) is 32.1 Å². The summed E-state index contributed by atoms with van der Waals surface area (Å²) in [7, 11) is 0. The summed E-state index contributed by atoms with van der Waals surface area (Å²) < 4.78 is 12.3. The van der Waals surface area contributed by atoms with Crippen molar-refractivity contribution >= 4 is 29.0 Å². The van der Waals surface area contributed by atoms with E-state index < -0.39 is 0 Å². The largest absolute Gasteiger partial charge is 0.454 e. The number of carbonyl (C=O) groups is 2. The van der Waals surface area contributed by atoms with Gasteiger partial charge in [0.15, 0.2) is 23.0 Å². The second-order valence-corrected chi connectivity index (χ2v) is 7.99. The number of aromatic nitrogens is 4. The number of aryl methyl sites for hydroxylation is 1. The fourth-order valence-corrected chi connectivity index (χ4v) is 3.93. The predicted molar refractivity (Wildman–Crippen MR) is 119 cm³/mol. The summed E-state index contributed by atoms with van der Waals surface area (Å²) in [5, 5.41) is 19.0. The van der Waals surface area contributed by atoms with Crippen LogP contribution in [0.2, 0.25) is 0 Å². The molecule has 3 aromatic rings. The molecule has 4 heterocycles. The average molecular weight is 451 g/mol. The molecule has 2 aliphatic heterocycles. The minimum Gasteiger partial charge on any atom is -0.454 e. The van der Waals surface area contributed by atoms with E-state index in [1.165, 1.54) is 0 Å². The van der Waals surface area contributed by atoms with E-state index in [-0.39, 0.29) is 25.0 Å². The Morgan fingerprint density at radius 3 is 2.91 bits per heavy atom. The first-order valence-electron chi connectivity index (χ1n) is 11.1. The fraction of sp³-hybridized carbons (Fsp3) is 0.409. The quantitative estimate of drug-likeness (QED) is 0.473. The van der Waals surface area contributed by atoms with Crippen molar-refractivity contribution in [1.29, 1.82) is 0 Å². The van der Waals surface area contributed by atoms with Crippen LogP contribution in [0.1, 0.15) is 31.5 Å². The summed E-state index contributed by atoms with van der Waals surface area (Å²) in [5.74, 6) is 2.69. The van der Waals surface area contributed by atoms with Gasteiger partial charge in [0, 0.05) is 50.7 Å². The van der Waals surface area contributed by atoms with E-state index in [1.54, 1.807) is 22.7 Å². The maximum atomic E-state index is 12.4. The summed E-state index contributed by atoms with van der Waals surface area (Å²) >= 11 is 0. The lowest BCUT2D eigenvalue weighted by atomic mass is 10.2. The van der Waals surface area contributed by atoms with Crippen molar-refractivity contribution in [3.63, 3.8) is 0 Å². The van der Waals surface area contributed by atoms with Crippen molar-refractivity contribution < 1.29 is 19.1 Å². The van der Waals surface area contributed by atoms with Gasteiger partial charge in [0.05, 0.1) is 0 Å². The molecule has 5 rings (SSSR count). The van der Waals surface area contributed by atoms with E-state index in [1.807, 2.05) is 17.0 Å². The Kier molecular flexibility index (Phi) is 5.92. The van der Waals surface area contributed by atoms with Crippen LogP contribution in [0.4, 0.5) is 11.5 Å². The minimum absolute atomic E-state index is 0.142. The predicted octanol–water partition coefficient (Wildman–Crippen LogP) is 1.85. The molecule has 1 saturated heterocycles. The van der Waals surface area contributed by atoms with Gasteiger partial charge in [-0.2, -0.15) is 4.52 Å². The van der Waals surface area contributed by atoms with Gasteiger partial charge < -0.3 is 25.0 Å². The molecular weight excluding hydrogens is 426 g/mol. The Morgan fingerprint density at radius 1 is 1.12 bits per heavy atom. The molecule has 0 bridgehead atoms. The van der Waals surface area contributed by atoms with Gasteiger partial charge in [-0.25, -0.2) is 0 Å². The van der Waals surface area contributed by atoms with Crippen LogP contribution in [-0.2, 0) is 16.0 Å². The number of benzene rings is 1. The first kappa shape index (κ1) is 21.0. The van der Waals surface area contributed by atoms with Crippen molar-refractivity contribution in [1.82, 2.24) is 24.7 Å². The molecule has 172 valence electrons. The molecule has 0 saturated carbocycles. The fourth-order valence-electron chi connectivity index (χ4n) is 3.93. The van der Waals surface area contributed by atoms with Gasteiger partial charge >= 0.3 is 0 Å². The Balaban J connectivity index is 1.14. The molecule has 1 aromatic carbocycles. The standard InChI is InChI=1S/C22H25N7O4/c30-21(24-15-4-5-16-17(13-15)33-14-32-16)9-8-20-26-25-19-7-6-18(27-29(19)20)23-10-2-12-28-11-1-3-22(28)31/h4-7,13H,1-3,8-12,14H2,(H,23,27)(H,24,30). The molecule has 33 heavy (non-hydrogen) atoms. The monoisotopic (exact) mass is 451 g/mol. The number of nitrogens with one attached hydrogen (secondary N) is 2. The molecule has 0 spiro atoms. The number of hydrogen-bond donors (Lipinski definition) is 2. The van der Waals surface area contributed by atoms with Crippen molar-refractivity contribution in [2.75, 3.05) is 37.1 Å². The zero-order valence-electron chi connectivity index (χ0n) is 18.1. The van der Waals surface area contributed by atoms with Crippen molar-refractivity contribution in [2.24, 2.45) is 0 Å². The zero-order chi connectivity index (χ0) is 22.6. The number of anilines is 2. The van der Waals surface area contributed by atoms with Crippen molar-refractivity contribution in [3.8, 4) is 11.5 Å². The van der Waals surface area contributed by atoms with E-state index in [0.717, 1.165) is 25.9 Å². The van der Waals surface area contributed by atoms with Crippen LogP contribution in [-0.4, -0.2) is 63.0 Å². The molecule has 11 nitrogen and oxygen atoms in total. The summed E-state index contributed by atoms with van der Waals surface area (Å²) in [4.78, 5) is 26.0. The molecule has 0 atom stereocenters. The van der Waals surface area contributed by atoms with E-state index in [9.17, 15) is 9.59 Å². The smallest absolute Gasteiger partial charge is 0.231 e. The number of fused-ring (bicyclic) bond motifs is 2. The van der Waals surface area contributed by atoms with Gasteiger partial charge in [-0.15, -0.1) is 15.3 Å². The Labute approximate surface area is 190 Å². The molecule has 0 unspecified atom stereocenters. The van der Waals surface area contributed by atoms with Gasteiger partial charge in [0.2, 0.25) is 18.6 Å². The lowest BCUT2D eigenvalue weighted by molar-refractivity contribution is -0.127. The molecule has 0 aliphatic carbocycles. The molecule has 0 radical (unpaired) electrons.